The van der Waals surface area contributed by atoms with Gasteiger partial charge in [-0.1, -0.05) is 6.07 Å². The second-order valence-corrected chi connectivity index (χ2v) is 13.1. The number of benzene rings is 1. The van der Waals surface area contributed by atoms with E-state index in [1.807, 2.05) is 4.98 Å². The third-order valence-electron chi connectivity index (χ3n) is 6.81. The highest BCUT2D eigenvalue weighted by molar-refractivity contribution is 7.49. The zero-order valence-electron chi connectivity index (χ0n) is 21.0. The molecule has 6 rings (SSSR count). The van der Waals surface area contributed by atoms with Crippen LogP contribution in [0.25, 0.3) is 0 Å². The number of phosphoric ester groups is 2. The number of hydrogen-bond donors (Lipinski definition) is 1. The van der Waals surface area contributed by atoms with Gasteiger partial charge in [0, 0.05) is 18.3 Å². The molecule has 0 radical (unpaired) electrons. The Labute approximate surface area is 224 Å². The maximum atomic E-state index is 15.9. The van der Waals surface area contributed by atoms with E-state index < -0.39 is 75.5 Å². The van der Waals surface area contributed by atoms with Gasteiger partial charge < -0.3 is 18.5 Å². The topological polar surface area (TPSA) is 163 Å². The fourth-order valence-electron chi connectivity index (χ4n) is 4.87. The molecule has 4 fully saturated rings. The van der Waals surface area contributed by atoms with Crippen LogP contribution in [0, 0.1) is 0 Å². The Bertz CT molecular complexity index is 1530. The predicted octanol–water partition coefficient (Wildman–Crippen LogP) is 2.79. The maximum absolute atomic E-state index is 15.9. The van der Waals surface area contributed by atoms with Crippen molar-refractivity contribution >= 4 is 15.6 Å². The Kier molecular flexibility index (Phi) is 6.63. The molecule has 218 valence electrons. The Balaban J connectivity index is 1.16. The van der Waals surface area contributed by atoms with E-state index in [0.29, 0.717) is 0 Å². The van der Waals surface area contributed by atoms with Gasteiger partial charge in [0.25, 0.3) is 5.56 Å². The fourth-order valence-corrected chi connectivity index (χ4v) is 7.84. The molecule has 4 saturated heterocycles. The molecule has 2 aromatic rings. The number of rotatable bonds is 5. The Morgan fingerprint density at radius 1 is 0.975 bits per heavy atom. The summed E-state index contributed by atoms with van der Waals surface area (Å²) in [6.45, 7) is 1.47. The highest BCUT2D eigenvalue weighted by Crippen LogP contribution is 2.60. The molecule has 1 N–H and O–H groups in total. The smallest absolute Gasteiger partial charge is 0.404 e. The molecular formula is C22H24F2N2O12P2. The first-order chi connectivity index (χ1) is 18.8. The third-order valence-corrected chi connectivity index (χ3v) is 9.58. The number of aromatic nitrogens is 2. The number of aromatic amines is 1. The molecule has 2 unspecified atom stereocenters. The number of ether oxygens (including phenoxy) is 2. The standard InChI is InChI=1S/C22H24F2N2O12P2/c1-21(23)11-31-14-9-32-39(29,37-17(14)21)35-12-4-3-5-13(8-12)36-40(30)33-10-15-18(38-40)22(2,24)19(34-15)26-7-6-16(27)25-20(26)28/h3-8,14-15,17-19H,9-11H2,1-2H3,(H,25,27,28)/t14-,15-,17-,18-,19-,21+,22-,39?,40?/m1/s1. The molecule has 5 heterocycles. The largest absolute Gasteiger partial charge is 0.530 e. The lowest BCUT2D eigenvalue weighted by Crippen LogP contribution is -2.46. The monoisotopic (exact) mass is 608 g/mol. The molecule has 1 aromatic carbocycles. The first-order valence-corrected chi connectivity index (χ1v) is 15.0. The van der Waals surface area contributed by atoms with Crippen LogP contribution in [0.15, 0.2) is 46.1 Å². The maximum Gasteiger partial charge on any atom is 0.530 e. The molecule has 4 aliphatic rings. The number of alkyl halides is 2. The molecule has 9 atom stereocenters. The minimum atomic E-state index is -4.45. The number of nitrogens with one attached hydrogen (secondary N) is 1. The van der Waals surface area contributed by atoms with E-state index in [1.165, 1.54) is 31.2 Å². The number of H-pyrrole nitrogens is 1. The molecule has 14 nitrogen and oxygen atoms in total. The van der Waals surface area contributed by atoms with Crippen LogP contribution in [0.4, 0.5) is 8.78 Å². The fraction of sp³-hybridized carbons (Fsp3) is 0.545. The van der Waals surface area contributed by atoms with Crippen molar-refractivity contribution < 1.29 is 54.5 Å². The lowest BCUT2D eigenvalue weighted by molar-refractivity contribution is -0.0681. The minimum absolute atomic E-state index is 0.0997. The van der Waals surface area contributed by atoms with Crippen LogP contribution in [0.2, 0.25) is 0 Å². The first-order valence-electron chi connectivity index (χ1n) is 12.1. The zero-order chi connectivity index (χ0) is 28.5. The molecule has 18 heteroatoms. The molecule has 4 aliphatic heterocycles. The van der Waals surface area contributed by atoms with E-state index in [9.17, 15) is 23.1 Å². The number of nitrogens with zero attached hydrogens (tertiary/aromatic N) is 1. The lowest BCUT2D eigenvalue weighted by atomic mass is 9.98. The van der Waals surface area contributed by atoms with Crippen molar-refractivity contribution in [3.8, 4) is 11.5 Å². The van der Waals surface area contributed by atoms with Crippen LogP contribution >= 0.6 is 15.6 Å². The number of fused-ring (bicyclic) bond motifs is 2. The minimum Gasteiger partial charge on any atom is -0.404 e. The summed E-state index contributed by atoms with van der Waals surface area (Å²) in [6.07, 6.45) is -4.90. The molecular weight excluding hydrogens is 584 g/mol. The highest BCUT2D eigenvalue weighted by atomic mass is 31.2. The van der Waals surface area contributed by atoms with Crippen molar-refractivity contribution in [2.45, 2.75) is 55.8 Å². The van der Waals surface area contributed by atoms with E-state index in [-0.39, 0.29) is 24.7 Å². The summed E-state index contributed by atoms with van der Waals surface area (Å²) in [5.74, 6) is -0.231. The van der Waals surface area contributed by atoms with Gasteiger partial charge in [0.15, 0.2) is 17.6 Å². The molecule has 0 aliphatic carbocycles. The Hall–Kier alpha value is -2.42. The number of phosphoric acid groups is 2. The van der Waals surface area contributed by atoms with Crippen LogP contribution in [-0.2, 0) is 36.7 Å². The van der Waals surface area contributed by atoms with Crippen molar-refractivity contribution in [2.75, 3.05) is 19.8 Å². The average Bonchev–Trinajstić information content (AvgIpc) is 3.30. The van der Waals surface area contributed by atoms with Crippen molar-refractivity contribution in [3.63, 3.8) is 0 Å². The molecule has 0 saturated carbocycles. The SMILES string of the molecule is C[C@@]1(F)[C@@H]2OP(=O)(Oc3cccc(OP4(=O)OC[C@H]5OC[C@](C)(F)[C@@H]5O4)c3)OC[C@H]2O[C@H]1n1ccc(=O)[nH]c1=O. The summed E-state index contributed by atoms with van der Waals surface area (Å²) in [5.41, 5.74) is -5.88. The Morgan fingerprint density at radius 2 is 1.60 bits per heavy atom. The van der Waals surface area contributed by atoms with Crippen molar-refractivity contribution in [3.05, 3.63) is 57.4 Å². The molecule has 1 aromatic heterocycles. The van der Waals surface area contributed by atoms with Gasteiger partial charge in [0.05, 0.1) is 19.8 Å². The predicted molar refractivity (Wildman–Crippen MR) is 129 cm³/mol. The summed E-state index contributed by atoms with van der Waals surface area (Å²) in [5, 5.41) is 0. The van der Waals surface area contributed by atoms with Gasteiger partial charge in [-0.15, -0.1) is 0 Å². The van der Waals surface area contributed by atoms with Crippen molar-refractivity contribution in [1.82, 2.24) is 9.55 Å². The summed E-state index contributed by atoms with van der Waals surface area (Å²) in [6, 6.07) is 6.33. The van der Waals surface area contributed by atoms with Crippen LogP contribution in [0.3, 0.4) is 0 Å². The van der Waals surface area contributed by atoms with Gasteiger partial charge >= 0.3 is 21.3 Å². The van der Waals surface area contributed by atoms with Gasteiger partial charge in [-0.25, -0.2) is 22.7 Å². The van der Waals surface area contributed by atoms with E-state index in [2.05, 4.69) is 0 Å². The third kappa shape index (κ3) is 4.96. The van der Waals surface area contributed by atoms with Crippen LogP contribution < -0.4 is 20.3 Å². The molecule has 40 heavy (non-hydrogen) atoms. The van der Waals surface area contributed by atoms with Crippen molar-refractivity contribution in [2.24, 2.45) is 0 Å². The van der Waals surface area contributed by atoms with Crippen LogP contribution in [-0.4, -0.2) is 65.1 Å². The lowest BCUT2D eigenvalue weighted by Gasteiger charge is -2.33. The zero-order valence-corrected chi connectivity index (χ0v) is 22.8. The molecule has 0 spiro atoms. The second kappa shape index (κ2) is 9.57. The van der Waals surface area contributed by atoms with Gasteiger partial charge in [-0.05, 0) is 26.0 Å². The number of hydrogen-bond acceptors (Lipinski definition) is 12. The van der Waals surface area contributed by atoms with Crippen LogP contribution in [0.1, 0.15) is 20.1 Å². The quantitative estimate of drug-likeness (QED) is 0.495. The summed E-state index contributed by atoms with van der Waals surface area (Å²) in [7, 11) is -8.72. The highest BCUT2D eigenvalue weighted by Gasteiger charge is 2.62. The second-order valence-electron chi connectivity index (χ2n) is 10.0. The Morgan fingerprint density at radius 3 is 2.25 bits per heavy atom. The number of halogens is 2. The van der Waals surface area contributed by atoms with Gasteiger partial charge in [0.2, 0.25) is 0 Å². The average molecular weight is 608 g/mol. The van der Waals surface area contributed by atoms with Crippen molar-refractivity contribution in [1.29, 1.82) is 0 Å². The molecule has 0 amide bonds. The molecule has 0 bridgehead atoms. The first kappa shape index (κ1) is 27.7. The van der Waals surface area contributed by atoms with Gasteiger partial charge in [-0.2, -0.15) is 0 Å². The van der Waals surface area contributed by atoms with Gasteiger partial charge in [-0.3, -0.25) is 32.4 Å². The summed E-state index contributed by atoms with van der Waals surface area (Å²) >= 11 is 0. The van der Waals surface area contributed by atoms with E-state index >= 15 is 4.39 Å². The van der Waals surface area contributed by atoms with Crippen LogP contribution in [0.5, 0.6) is 11.5 Å². The van der Waals surface area contributed by atoms with E-state index in [4.69, 9.17) is 36.6 Å². The van der Waals surface area contributed by atoms with Gasteiger partial charge in [0.1, 0.15) is 35.9 Å². The summed E-state index contributed by atoms with van der Waals surface area (Å²) < 4.78 is 101. The van der Waals surface area contributed by atoms with E-state index in [1.54, 1.807) is 0 Å². The van der Waals surface area contributed by atoms with E-state index in [0.717, 1.165) is 23.8 Å². The normalized spacial score (nSPS) is 42.6. The summed E-state index contributed by atoms with van der Waals surface area (Å²) in [4.78, 5) is 25.6.